The summed E-state index contributed by atoms with van der Waals surface area (Å²) in [5.41, 5.74) is 0.623. The normalized spacial score (nSPS) is 11.5. The number of rotatable bonds is 2. The second-order valence-electron chi connectivity index (χ2n) is 6.17. The minimum Gasteiger partial charge on any atom is -0.295 e. The first-order valence-electron chi connectivity index (χ1n) is 6.81. The first-order valence-corrected chi connectivity index (χ1v) is 6.81. The fraction of sp³-hybridized carbons (Fsp3) is 0.278. The molecule has 0 saturated heterocycles. The van der Waals surface area contributed by atoms with Crippen molar-refractivity contribution in [1.82, 2.24) is 0 Å². The zero-order valence-corrected chi connectivity index (χ0v) is 12.6. The van der Waals surface area contributed by atoms with E-state index in [0.29, 0.717) is 11.1 Å². The average molecular weight is 288 g/mol. The van der Waals surface area contributed by atoms with Crippen molar-refractivity contribution in [3.05, 3.63) is 59.2 Å². The van der Waals surface area contributed by atoms with Crippen molar-refractivity contribution < 1.29 is 13.6 Å². The van der Waals surface area contributed by atoms with E-state index in [1.54, 1.807) is 18.2 Å². The van der Waals surface area contributed by atoms with Crippen LogP contribution in [0.2, 0.25) is 0 Å². The van der Waals surface area contributed by atoms with Gasteiger partial charge >= 0.3 is 0 Å². The van der Waals surface area contributed by atoms with Crippen LogP contribution >= 0.6 is 0 Å². The Morgan fingerprint density at radius 3 is 2.14 bits per heavy atom. The Hall–Kier alpha value is -2.03. The minimum absolute atomic E-state index is 0.130. The quantitative estimate of drug-likeness (QED) is 0.700. The molecule has 0 aromatic heterocycles. The van der Waals surface area contributed by atoms with Crippen molar-refractivity contribution in [3.63, 3.8) is 0 Å². The predicted molar refractivity (Wildman–Crippen MR) is 80.5 cm³/mol. The highest BCUT2D eigenvalue weighted by atomic mass is 19.1. The largest absolute Gasteiger partial charge is 0.295 e. The number of ketones is 1. The van der Waals surface area contributed by atoms with Crippen molar-refractivity contribution in [2.24, 2.45) is 0 Å². The summed E-state index contributed by atoms with van der Waals surface area (Å²) in [5.74, 6) is -1.15. The standard InChI is InChI=1S/C18H18F2O/c1-11(21)12-9-14(13-7-5-6-8-16(13)19)17(20)15(10-12)18(2,3)4/h5-10H,1-4H3. The summed E-state index contributed by atoms with van der Waals surface area (Å²) in [5, 5.41) is 0. The molecule has 0 amide bonds. The second kappa shape index (κ2) is 5.40. The molecule has 0 fully saturated rings. The molecule has 0 bridgehead atoms. The topological polar surface area (TPSA) is 17.1 Å². The number of Topliss-reactive ketones (excluding diaryl/α,β-unsaturated/α-hetero) is 1. The summed E-state index contributed by atoms with van der Waals surface area (Å²) in [6, 6.07) is 8.98. The fourth-order valence-electron chi connectivity index (χ4n) is 2.25. The Kier molecular flexibility index (Phi) is 3.95. The highest BCUT2D eigenvalue weighted by molar-refractivity contribution is 5.95. The smallest absolute Gasteiger partial charge is 0.159 e. The molecule has 0 aliphatic heterocycles. The van der Waals surface area contributed by atoms with Gasteiger partial charge in [-0.25, -0.2) is 8.78 Å². The number of halogens is 2. The molecule has 0 heterocycles. The van der Waals surface area contributed by atoms with Crippen LogP contribution in [0.3, 0.4) is 0 Å². The lowest BCUT2D eigenvalue weighted by Crippen LogP contribution is -2.15. The molecule has 0 radical (unpaired) electrons. The minimum atomic E-state index is -0.503. The maximum absolute atomic E-state index is 14.8. The van der Waals surface area contributed by atoms with Gasteiger partial charge in [0.15, 0.2) is 5.78 Å². The lowest BCUT2D eigenvalue weighted by molar-refractivity contribution is 0.101. The number of carbonyl (C=O) groups excluding carboxylic acids is 1. The van der Waals surface area contributed by atoms with Gasteiger partial charge in [0, 0.05) is 16.7 Å². The molecule has 0 saturated carbocycles. The Morgan fingerprint density at radius 1 is 1.00 bits per heavy atom. The third-order valence-corrected chi connectivity index (χ3v) is 3.45. The summed E-state index contributed by atoms with van der Waals surface area (Å²) in [4.78, 5) is 11.7. The van der Waals surface area contributed by atoms with Gasteiger partial charge in [-0.05, 0) is 36.1 Å². The molecule has 110 valence electrons. The van der Waals surface area contributed by atoms with E-state index >= 15 is 0 Å². The molecule has 0 aliphatic carbocycles. The van der Waals surface area contributed by atoms with Gasteiger partial charge in [0.25, 0.3) is 0 Å². The van der Waals surface area contributed by atoms with E-state index in [9.17, 15) is 13.6 Å². The highest BCUT2D eigenvalue weighted by Gasteiger charge is 2.24. The van der Waals surface area contributed by atoms with Crippen LogP contribution in [0.4, 0.5) is 8.78 Å². The summed E-state index contributed by atoms with van der Waals surface area (Å²) in [6.45, 7) is 7.01. The van der Waals surface area contributed by atoms with Crippen LogP contribution in [0.25, 0.3) is 11.1 Å². The van der Waals surface area contributed by atoms with Gasteiger partial charge in [-0.15, -0.1) is 0 Å². The van der Waals surface area contributed by atoms with Crippen molar-refractivity contribution >= 4 is 5.78 Å². The molecule has 21 heavy (non-hydrogen) atoms. The van der Waals surface area contributed by atoms with Gasteiger partial charge in [0.1, 0.15) is 11.6 Å². The summed E-state index contributed by atoms with van der Waals surface area (Å²) in [6.07, 6.45) is 0. The molecular weight excluding hydrogens is 270 g/mol. The van der Waals surface area contributed by atoms with Crippen molar-refractivity contribution in [2.45, 2.75) is 33.1 Å². The van der Waals surface area contributed by atoms with Crippen molar-refractivity contribution in [1.29, 1.82) is 0 Å². The summed E-state index contributed by atoms with van der Waals surface area (Å²) < 4.78 is 28.8. The number of carbonyl (C=O) groups is 1. The van der Waals surface area contributed by atoms with Crippen LogP contribution in [0.1, 0.15) is 43.6 Å². The van der Waals surface area contributed by atoms with E-state index in [2.05, 4.69) is 0 Å². The number of hydrogen-bond acceptors (Lipinski definition) is 1. The second-order valence-corrected chi connectivity index (χ2v) is 6.17. The van der Waals surface area contributed by atoms with Gasteiger partial charge < -0.3 is 0 Å². The molecular formula is C18H18F2O. The first kappa shape index (κ1) is 15.4. The maximum Gasteiger partial charge on any atom is 0.159 e. The Labute approximate surface area is 123 Å². The molecule has 0 atom stereocenters. The van der Waals surface area contributed by atoms with Crippen LogP contribution in [0.5, 0.6) is 0 Å². The SMILES string of the molecule is CC(=O)c1cc(-c2ccccc2F)c(F)c(C(C)(C)C)c1. The van der Waals surface area contributed by atoms with Crippen molar-refractivity contribution in [3.8, 4) is 11.1 Å². The van der Waals surface area contributed by atoms with Gasteiger partial charge in [-0.3, -0.25) is 4.79 Å². The highest BCUT2D eigenvalue weighted by Crippen LogP contribution is 2.34. The zero-order valence-electron chi connectivity index (χ0n) is 12.6. The van der Waals surface area contributed by atoms with Crippen LogP contribution in [-0.2, 0) is 5.41 Å². The van der Waals surface area contributed by atoms with Gasteiger partial charge in [-0.2, -0.15) is 0 Å². The lowest BCUT2D eigenvalue weighted by Gasteiger charge is -2.22. The molecule has 0 unspecified atom stereocenters. The maximum atomic E-state index is 14.8. The van der Waals surface area contributed by atoms with E-state index < -0.39 is 17.0 Å². The van der Waals surface area contributed by atoms with Crippen LogP contribution in [0, 0.1) is 11.6 Å². The fourth-order valence-corrected chi connectivity index (χ4v) is 2.25. The van der Waals surface area contributed by atoms with Crippen LogP contribution < -0.4 is 0 Å². The Bertz CT molecular complexity index is 697. The zero-order chi connectivity index (χ0) is 15.8. The van der Waals surface area contributed by atoms with E-state index in [-0.39, 0.29) is 16.9 Å². The molecule has 3 heteroatoms. The average Bonchev–Trinajstić information content (AvgIpc) is 2.38. The lowest BCUT2D eigenvalue weighted by atomic mass is 9.83. The van der Waals surface area contributed by atoms with Crippen LogP contribution in [-0.4, -0.2) is 5.78 Å². The molecule has 0 spiro atoms. The monoisotopic (exact) mass is 288 g/mol. The number of hydrogen-bond donors (Lipinski definition) is 0. The molecule has 2 aromatic rings. The molecule has 2 rings (SSSR count). The molecule has 1 nitrogen and oxygen atoms in total. The molecule has 2 aromatic carbocycles. The predicted octanol–water partition coefficient (Wildman–Crippen LogP) is 5.13. The number of benzene rings is 2. The van der Waals surface area contributed by atoms with Gasteiger partial charge in [0.2, 0.25) is 0 Å². The van der Waals surface area contributed by atoms with E-state index in [1.165, 1.54) is 25.1 Å². The van der Waals surface area contributed by atoms with Gasteiger partial charge in [0.05, 0.1) is 0 Å². The first-order chi connectivity index (χ1) is 9.71. The Balaban J connectivity index is 2.80. The van der Waals surface area contributed by atoms with Crippen molar-refractivity contribution in [2.75, 3.05) is 0 Å². The van der Waals surface area contributed by atoms with E-state index in [4.69, 9.17) is 0 Å². The van der Waals surface area contributed by atoms with Gasteiger partial charge in [-0.1, -0.05) is 39.0 Å². The third-order valence-electron chi connectivity index (χ3n) is 3.45. The Morgan fingerprint density at radius 2 is 1.62 bits per heavy atom. The summed E-state index contributed by atoms with van der Waals surface area (Å²) in [7, 11) is 0. The molecule has 0 aliphatic rings. The van der Waals surface area contributed by atoms with E-state index in [0.717, 1.165) is 0 Å². The van der Waals surface area contributed by atoms with Crippen LogP contribution in [0.15, 0.2) is 36.4 Å². The van der Waals surface area contributed by atoms with E-state index in [1.807, 2.05) is 20.8 Å². The molecule has 0 N–H and O–H groups in total. The third kappa shape index (κ3) is 3.02. The summed E-state index contributed by atoms with van der Waals surface area (Å²) >= 11 is 0.